The van der Waals surface area contributed by atoms with Gasteiger partial charge in [0.1, 0.15) is 5.82 Å². The maximum atomic E-state index is 14.1. The molecule has 0 unspecified atom stereocenters. The minimum atomic E-state index is -3.84. The van der Waals surface area contributed by atoms with E-state index < -0.39 is 15.8 Å². The SMILES string of the molecule is O=S(=O)(c1ccc2c(c1)OCO2)N1CCc2cccc(F)c21. The molecule has 114 valence electrons. The Labute approximate surface area is 126 Å². The number of halogens is 1. The fourth-order valence-corrected chi connectivity index (χ4v) is 4.31. The first kappa shape index (κ1) is 13.4. The standard InChI is InChI=1S/C15H12FNO4S/c16-12-3-1-2-10-6-7-17(15(10)12)22(18,19)11-4-5-13-14(8-11)21-9-20-13/h1-5,8H,6-7,9H2. The van der Waals surface area contributed by atoms with E-state index in [1.54, 1.807) is 18.2 Å². The minimum Gasteiger partial charge on any atom is -0.454 e. The zero-order valence-corrected chi connectivity index (χ0v) is 12.3. The Morgan fingerprint density at radius 2 is 1.91 bits per heavy atom. The molecule has 0 fully saturated rings. The van der Waals surface area contributed by atoms with E-state index in [9.17, 15) is 12.8 Å². The number of ether oxygens (including phenoxy) is 2. The van der Waals surface area contributed by atoms with Crippen LogP contribution in [0.1, 0.15) is 5.56 Å². The van der Waals surface area contributed by atoms with E-state index in [-0.39, 0.29) is 23.9 Å². The lowest BCUT2D eigenvalue weighted by atomic mass is 10.2. The van der Waals surface area contributed by atoms with Gasteiger partial charge in [0.2, 0.25) is 6.79 Å². The summed E-state index contributed by atoms with van der Waals surface area (Å²) in [7, 11) is -3.84. The molecule has 0 spiro atoms. The highest BCUT2D eigenvalue weighted by Gasteiger charge is 2.34. The number of anilines is 1. The van der Waals surface area contributed by atoms with E-state index >= 15 is 0 Å². The van der Waals surface area contributed by atoms with Crippen LogP contribution in [0.25, 0.3) is 0 Å². The molecule has 22 heavy (non-hydrogen) atoms. The second kappa shape index (κ2) is 4.61. The highest BCUT2D eigenvalue weighted by Crippen LogP contribution is 2.38. The lowest BCUT2D eigenvalue weighted by Crippen LogP contribution is -2.29. The van der Waals surface area contributed by atoms with E-state index in [0.717, 1.165) is 4.31 Å². The van der Waals surface area contributed by atoms with Crippen LogP contribution in [-0.4, -0.2) is 21.8 Å². The molecule has 2 aliphatic rings. The number of fused-ring (bicyclic) bond motifs is 2. The quantitative estimate of drug-likeness (QED) is 0.852. The number of rotatable bonds is 2. The maximum absolute atomic E-state index is 14.1. The zero-order chi connectivity index (χ0) is 15.3. The summed E-state index contributed by atoms with van der Waals surface area (Å²) in [6, 6.07) is 9.01. The van der Waals surface area contributed by atoms with Gasteiger partial charge in [0, 0.05) is 12.6 Å². The molecule has 0 atom stereocenters. The van der Waals surface area contributed by atoms with Gasteiger partial charge in [-0.05, 0) is 30.2 Å². The van der Waals surface area contributed by atoms with Crippen LogP contribution in [-0.2, 0) is 16.4 Å². The summed E-state index contributed by atoms with van der Waals surface area (Å²) >= 11 is 0. The number of hydrogen-bond donors (Lipinski definition) is 0. The Morgan fingerprint density at radius 3 is 2.77 bits per heavy atom. The van der Waals surface area contributed by atoms with E-state index in [1.165, 1.54) is 18.2 Å². The molecule has 2 heterocycles. The van der Waals surface area contributed by atoms with Gasteiger partial charge in [-0.3, -0.25) is 4.31 Å². The normalized spacial score (nSPS) is 16.0. The summed E-state index contributed by atoms with van der Waals surface area (Å²) in [5.41, 5.74) is 0.837. The number of nitrogens with zero attached hydrogens (tertiary/aromatic N) is 1. The van der Waals surface area contributed by atoms with Crippen LogP contribution in [0.4, 0.5) is 10.1 Å². The molecular weight excluding hydrogens is 309 g/mol. The lowest BCUT2D eigenvalue weighted by molar-refractivity contribution is 0.174. The van der Waals surface area contributed by atoms with Gasteiger partial charge in [-0.2, -0.15) is 0 Å². The van der Waals surface area contributed by atoms with E-state index in [0.29, 0.717) is 23.5 Å². The topological polar surface area (TPSA) is 55.8 Å². The monoisotopic (exact) mass is 321 g/mol. The van der Waals surface area contributed by atoms with Crippen molar-refractivity contribution in [2.75, 3.05) is 17.6 Å². The molecule has 0 aromatic heterocycles. The molecule has 0 saturated heterocycles. The van der Waals surface area contributed by atoms with Crippen LogP contribution >= 0.6 is 0 Å². The van der Waals surface area contributed by atoms with Crippen molar-refractivity contribution in [1.29, 1.82) is 0 Å². The molecule has 0 saturated carbocycles. The predicted molar refractivity (Wildman–Crippen MR) is 77.2 cm³/mol. The molecule has 0 bridgehead atoms. The Morgan fingerprint density at radius 1 is 1.09 bits per heavy atom. The molecular formula is C15H12FNO4S. The Kier molecular flexibility index (Phi) is 2.80. The van der Waals surface area contributed by atoms with Crippen molar-refractivity contribution in [3.05, 3.63) is 47.8 Å². The van der Waals surface area contributed by atoms with Gasteiger partial charge in [-0.1, -0.05) is 12.1 Å². The minimum absolute atomic E-state index is 0.0628. The second-order valence-electron chi connectivity index (χ2n) is 5.09. The van der Waals surface area contributed by atoms with Crippen LogP contribution in [0.5, 0.6) is 11.5 Å². The summed E-state index contributed by atoms with van der Waals surface area (Å²) in [4.78, 5) is 0.0628. The number of sulfonamides is 1. The molecule has 4 rings (SSSR count). The van der Waals surface area contributed by atoms with Crippen molar-refractivity contribution in [3.8, 4) is 11.5 Å². The molecule has 7 heteroatoms. The average molecular weight is 321 g/mol. The molecule has 2 aromatic carbocycles. The summed E-state index contributed by atoms with van der Waals surface area (Å²) < 4.78 is 51.2. The summed E-state index contributed by atoms with van der Waals surface area (Å²) in [6.45, 7) is 0.299. The third-order valence-corrected chi connectivity index (χ3v) is 5.63. The highest BCUT2D eigenvalue weighted by molar-refractivity contribution is 7.92. The molecule has 2 aromatic rings. The van der Waals surface area contributed by atoms with Gasteiger partial charge in [0.05, 0.1) is 10.6 Å². The van der Waals surface area contributed by atoms with Crippen LogP contribution in [0.2, 0.25) is 0 Å². The molecule has 2 aliphatic heterocycles. The molecule has 0 amide bonds. The van der Waals surface area contributed by atoms with Gasteiger partial charge < -0.3 is 9.47 Å². The van der Waals surface area contributed by atoms with Gasteiger partial charge in [0.15, 0.2) is 11.5 Å². The highest BCUT2D eigenvalue weighted by atomic mass is 32.2. The first-order valence-corrected chi connectivity index (χ1v) is 8.21. The van der Waals surface area contributed by atoms with Crippen LogP contribution in [0.15, 0.2) is 41.3 Å². The largest absolute Gasteiger partial charge is 0.454 e. The Bertz CT molecular complexity index is 866. The first-order valence-electron chi connectivity index (χ1n) is 6.77. The predicted octanol–water partition coefficient (Wildman–Crippen LogP) is 2.31. The van der Waals surface area contributed by atoms with Crippen molar-refractivity contribution >= 4 is 15.7 Å². The van der Waals surface area contributed by atoms with Crippen LogP contribution in [0, 0.1) is 5.82 Å². The number of benzene rings is 2. The van der Waals surface area contributed by atoms with Crippen molar-refractivity contribution in [2.45, 2.75) is 11.3 Å². The molecule has 5 nitrogen and oxygen atoms in total. The lowest BCUT2D eigenvalue weighted by Gasteiger charge is -2.20. The molecule has 0 aliphatic carbocycles. The smallest absolute Gasteiger partial charge is 0.264 e. The summed E-state index contributed by atoms with van der Waals surface area (Å²) in [6.07, 6.45) is 0.497. The van der Waals surface area contributed by atoms with Crippen molar-refractivity contribution in [1.82, 2.24) is 0 Å². The van der Waals surface area contributed by atoms with E-state index in [4.69, 9.17) is 9.47 Å². The summed E-state index contributed by atoms with van der Waals surface area (Å²) in [5, 5.41) is 0. The van der Waals surface area contributed by atoms with E-state index in [2.05, 4.69) is 0 Å². The van der Waals surface area contributed by atoms with Gasteiger partial charge in [0.25, 0.3) is 10.0 Å². The Balaban J connectivity index is 1.80. The number of hydrogen-bond acceptors (Lipinski definition) is 4. The third kappa shape index (κ3) is 1.85. The third-order valence-electron chi connectivity index (χ3n) is 3.84. The van der Waals surface area contributed by atoms with Crippen LogP contribution < -0.4 is 13.8 Å². The zero-order valence-electron chi connectivity index (χ0n) is 11.5. The fourth-order valence-electron chi connectivity index (χ4n) is 2.78. The maximum Gasteiger partial charge on any atom is 0.264 e. The van der Waals surface area contributed by atoms with Gasteiger partial charge in [-0.25, -0.2) is 12.8 Å². The van der Waals surface area contributed by atoms with Crippen molar-refractivity contribution in [3.63, 3.8) is 0 Å². The first-order chi connectivity index (χ1) is 10.6. The molecule has 0 N–H and O–H groups in total. The molecule has 0 radical (unpaired) electrons. The second-order valence-corrected chi connectivity index (χ2v) is 6.95. The Hall–Kier alpha value is -2.28. The summed E-state index contributed by atoms with van der Waals surface area (Å²) in [5.74, 6) is 0.361. The van der Waals surface area contributed by atoms with Gasteiger partial charge in [-0.15, -0.1) is 0 Å². The fraction of sp³-hybridized carbons (Fsp3) is 0.200. The van der Waals surface area contributed by atoms with Crippen molar-refractivity contribution < 1.29 is 22.3 Å². The van der Waals surface area contributed by atoms with Gasteiger partial charge >= 0.3 is 0 Å². The van der Waals surface area contributed by atoms with Crippen molar-refractivity contribution in [2.24, 2.45) is 0 Å². The average Bonchev–Trinajstić information content (AvgIpc) is 3.13. The van der Waals surface area contributed by atoms with Crippen LogP contribution in [0.3, 0.4) is 0 Å². The number of para-hydroxylation sites is 1. The van der Waals surface area contributed by atoms with E-state index in [1.807, 2.05) is 0 Å².